The fourth-order valence-corrected chi connectivity index (χ4v) is 3.07. The molecule has 0 aliphatic rings. The zero-order valence-electron chi connectivity index (χ0n) is 10.4. The number of hydrogen-bond acceptors (Lipinski definition) is 3. The average molecular weight is 416 g/mol. The molecule has 0 atom stereocenters. The molecule has 0 bridgehead atoms. The van der Waals surface area contributed by atoms with E-state index < -0.39 is 0 Å². The van der Waals surface area contributed by atoms with Crippen molar-refractivity contribution in [2.45, 2.75) is 0 Å². The van der Waals surface area contributed by atoms with E-state index in [2.05, 4.69) is 43.2 Å². The predicted molar refractivity (Wildman–Crippen MR) is 87.8 cm³/mol. The largest absolute Gasteiger partial charge is 0.495 e. The number of hydrogen-bond donors (Lipinski definition) is 1. The maximum Gasteiger partial charge on any atom is 0.135 e. The first-order valence-corrected chi connectivity index (χ1v) is 7.51. The highest BCUT2D eigenvalue weighted by Gasteiger charge is 2.09. The predicted octanol–water partition coefficient (Wildman–Crippen LogP) is 5.49. The van der Waals surface area contributed by atoms with E-state index in [0.717, 1.165) is 14.6 Å². The van der Waals surface area contributed by atoms with Crippen LogP contribution in [0.2, 0.25) is 5.02 Å². The summed E-state index contributed by atoms with van der Waals surface area (Å²) in [7, 11) is 1.60. The first-order chi connectivity index (χ1) is 9.55. The number of rotatable bonds is 3. The molecule has 0 fully saturated rings. The van der Waals surface area contributed by atoms with E-state index >= 15 is 0 Å². The van der Waals surface area contributed by atoms with E-state index in [1.165, 1.54) is 0 Å². The summed E-state index contributed by atoms with van der Waals surface area (Å²) < 4.78 is 6.95. The van der Waals surface area contributed by atoms with Crippen molar-refractivity contribution in [3.8, 4) is 11.8 Å². The lowest BCUT2D eigenvalue weighted by Gasteiger charge is -2.13. The third-order valence-electron chi connectivity index (χ3n) is 2.61. The van der Waals surface area contributed by atoms with Crippen molar-refractivity contribution in [2.24, 2.45) is 0 Å². The molecule has 20 heavy (non-hydrogen) atoms. The van der Waals surface area contributed by atoms with E-state index in [-0.39, 0.29) is 0 Å². The van der Waals surface area contributed by atoms with E-state index in [1.54, 1.807) is 25.3 Å². The van der Waals surface area contributed by atoms with E-state index in [1.807, 2.05) is 12.1 Å². The van der Waals surface area contributed by atoms with Gasteiger partial charge in [0.1, 0.15) is 11.8 Å². The van der Waals surface area contributed by atoms with Gasteiger partial charge in [-0.1, -0.05) is 11.6 Å². The van der Waals surface area contributed by atoms with Crippen LogP contribution >= 0.6 is 43.5 Å². The molecule has 6 heteroatoms. The van der Waals surface area contributed by atoms with Gasteiger partial charge in [0.15, 0.2) is 0 Å². The zero-order valence-corrected chi connectivity index (χ0v) is 14.3. The monoisotopic (exact) mass is 414 g/mol. The molecular weight excluding hydrogens is 407 g/mol. The Morgan fingerprint density at radius 2 is 1.90 bits per heavy atom. The van der Waals surface area contributed by atoms with Gasteiger partial charge in [0.2, 0.25) is 0 Å². The molecule has 0 aliphatic carbocycles. The van der Waals surface area contributed by atoms with E-state index in [0.29, 0.717) is 22.0 Å². The van der Waals surface area contributed by atoms with Gasteiger partial charge < -0.3 is 10.1 Å². The van der Waals surface area contributed by atoms with Crippen LogP contribution in [0.15, 0.2) is 39.3 Å². The molecule has 102 valence electrons. The second-order valence-corrected chi connectivity index (χ2v) is 6.04. The van der Waals surface area contributed by atoms with Gasteiger partial charge in [-0.3, -0.25) is 0 Å². The molecule has 2 aromatic carbocycles. The summed E-state index contributed by atoms with van der Waals surface area (Å²) in [5.41, 5.74) is 1.96. The second-order valence-electron chi connectivity index (χ2n) is 3.89. The van der Waals surface area contributed by atoms with Crippen LogP contribution in [0.5, 0.6) is 5.75 Å². The Balaban J connectivity index is 2.43. The Morgan fingerprint density at radius 3 is 2.55 bits per heavy atom. The fourth-order valence-electron chi connectivity index (χ4n) is 1.64. The normalized spacial score (nSPS) is 9.95. The summed E-state index contributed by atoms with van der Waals surface area (Å²) in [5.74, 6) is 0.697. The molecular formula is C14H9Br2ClN2O. The lowest BCUT2D eigenvalue weighted by Crippen LogP contribution is -1.96. The number of nitrogens with zero attached hydrogens (tertiary/aromatic N) is 1. The molecule has 2 aromatic rings. The zero-order chi connectivity index (χ0) is 14.7. The summed E-state index contributed by atoms with van der Waals surface area (Å²) in [6, 6.07) is 10.9. The van der Waals surface area contributed by atoms with Crippen molar-refractivity contribution in [2.75, 3.05) is 12.4 Å². The summed E-state index contributed by atoms with van der Waals surface area (Å²) in [5, 5.41) is 12.9. The SMILES string of the molecule is COc1cc(Nc2ccc(Cl)cc2C#N)c(Br)cc1Br. The molecule has 0 amide bonds. The molecule has 0 aromatic heterocycles. The molecule has 0 heterocycles. The van der Waals surface area contributed by atoms with Crippen LogP contribution in [0.4, 0.5) is 11.4 Å². The van der Waals surface area contributed by atoms with Gasteiger partial charge in [-0.2, -0.15) is 5.26 Å². The number of nitriles is 1. The number of nitrogens with one attached hydrogen (secondary N) is 1. The maximum absolute atomic E-state index is 9.14. The maximum atomic E-state index is 9.14. The standard InChI is InChI=1S/C14H9Br2ClN2O/c1-20-14-6-13(10(15)5-11(14)16)19-12-3-2-9(17)4-8(12)7-18/h2-6,19H,1H3. The molecule has 0 radical (unpaired) electrons. The van der Waals surface area contributed by atoms with Gasteiger partial charge in [-0.05, 0) is 56.1 Å². The minimum Gasteiger partial charge on any atom is -0.495 e. The van der Waals surface area contributed by atoms with Crippen LogP contribution in [0, 0.1) is 11.3 Å². The quantitative estimate of drug-likeness (QED) is 0.720. The highest BCUT2D eigenvalue weighted by Crippen LogP contribution is 2.36. The Hall–Kier alpha value is -1.22. The third kappa shape index (κ3) is 3.26. The van der Waals surface area contributed by atoms with Crippen LogP contribution in [0.25, 0.3) is 0 Å². The highest BCUT2D eigenvalue weighted by molar-refractivity contribution is 9.11. The Labute approximate surface area is 138 Å². The number of methoxy groups -OCH3 is 1. The van der Waals surface area contributed by atoms with Gasteiger partial charge in [0, 0.05) is 15.6 Å². The van der Waals surface area contributed by atoms with Gasteiger partial charge in [-0.15, -0.1) is 0 Å². The smallest absolute Gasteiger partial charge is 0.135 e. The van der Waals surface area contributed by atoms with Crippen LogP contribution in [-0.2, 0) is 0 Å². The minimum absolute atomic E-state index is 0.478. The first-order valence-electron chi connectivity index (χ1n) is 5.55. The van der Waals surface area contributed by atoms with Crippen molar-refractivity contribution in [3.63, 3.8) is 0 Å². The van der Waals surface area contributed by atoms with Crippen molar-refractivity contribution in [3.05, 3.63) is 49.9 Å². The average Bonchev–Trinajstić information content (AvgIpc) is 2.43. The Kier molecular flexibility index (Phi) is 4.92. The highest BCUT2D eigenvalue weighted by atomic mass is 79.9. The molecule has 2 rings (SSSR count). The van der Waals surface area contributed by atoms with Gasteiger partial charge in [0.05, 0.1) is 28.5 Å². The molecule has 3 nitrogen and oxygen atoms in total. The number of benzene rings is 2. The summed E-state index contributed by atoms with van der Waals surface area (Å²) in [4.78, 5) is 0. The lowest BCUT2D eigenvalue weighted by atomic mass is 10.2. The van der Waals surface area contributed by atoms with Gasteiger partial charge in [0.25, 0.3) is 0 Å². The first kappa shape index (κ1) is 15.2. The van der Waals surface area contributed by atoms with Crippen molar-refractivity contribution >= 4 is 54.8 Å². The van der Waals surface area contributed by atoms with Crippen LogP contribution < -0.4 is 10.1 Å². The van der Waals surface area contributed by atoms with Crippen LogP contribution in [0.1, 0.15) is 5.56 Å². The molecule has 0 unspecified atom stereocenters. The van der Waals surface area contributed by atoms with Crippen molar-refractivity contribution in [1.82, 2.24) is 0 Å². The second kappa shape index (κ2) is 6.49. The van der Waals surface area contributed by atoms with Crippen molar-refractivity contribution in [1.29, 1.82) is 5.26 Å². The molecule has 0 spiro atoms. The summed E-state index contributed by atoms with van der Waals surface area (Å²) in [6.45, 7) is 0. The molecule has 0 saturated carbocycles. The van der Waals surface area contributed by atoms with Crippen molar-refractivity contribution < 1.29 is 4.74 Å². The Bertz CT molecular complexity index is 698. The van der Waals surface area contributed by atoms with Crippen LogP contribution in [-0.4, -0.2) is 7.11 Å². The lowest BCUT2D eigenvalue weighted by molar-refractivity contribution is 0.412. The summed E-state index contributed by atoms with van der Waals surface area (Å²) in [6.07, 6.45) is 0. The molecule has 1 N–H and O–H groups in total. The number of halogens is 3. The molecule has 0 saturated heterocycles. The third-order valence-corrected chi connectivity index (χ3v) is 4.12. The van der Waals surface area contributed by atoms with E-state index in [4.69, 9.17) is 21.6 Å². The fraction of sp³-hybridized carbons (Fsp3) is 0.0714. The molecule has 0 aliphatic heterocycles. The minimum atomic E-state index is 0.478. The van der Waals surface area contributed by atoms with Gasteiger partial charge in [-0.25, -0.2) is 0 Å². The topological polar surface area (TPSA) is 45.0 Å². The number of anilines is 2. The Morgan fingerprint density at radius 1 is 1.15 bits per heavy atom. The van der Waals surface area contributed by atoms with Crippen LogP contribution in [0.3, 0.4) is 0 Å². The summed E-state index contributed by atoms with van der Waals surface area (Å²) >= 11 is 12.8. The number of ether oxygens (including phenoxy) is 1. The van der Waals surface area contributed by atoms with Gasteiger partial charge >= 0.3 is 0 Å². The van der Waals surface area contributed by atoms with E-state index in [9.17, 15) is 0 Å².